The van der Waals surface area contributed by atoms with Crippen LogP contribution in [0.1, 0.15) is 0 Å². The molecule has 0 aliphatic carbocycles. The predicted molar refractivity (Wildman–Crippen MR) is 35.0 cm³/mol. The SMILES string of the molecule is NCC1=C[N]C(C(=O)O)=C1. The Balaban J connectivity index is 2.66. The van der Waals surface area contributed by atoms with Crippen LogP contribution in [0.2, 0.25) is 0 Å². The minimum absolute atomic E-state index is 0.0560. The Morgan fingerprint density at radius 2 is 2.50 bits per heavy atom. The molecule has 0 aromatic carbocycles. The largest absolute Gasteiger partial charge is 0.477 e. The lowest BCUT2D eigenvalue weighted by molar-refractivity contribution is -0.132. The lowest BCUT2D eigenvalue weighted by atomic mass is 10.3. The van der Waals surface area contributed by atoms with Crippen LogP contribution in [0.3, 0.4) is 0 Å². The predicted octanol–water partition coefficient (Wildman–Crippen LogP) is -0.585. The van der Waals surface area contributed by atoms with Gasteiger partial charge in [-0.15, -0.1) is 0 Å². The van der Waals surface area contributed by atoms with Gasteiger partial charge in [-0.25, -0.2) is 10.1 Å². The Bertz CT molecular complexity index is 218. The maximum atomic E-state index is 10.2. The molecule has 0 aromatic rings. The summed E-state index contributed by atoms with van der Waals surface area (Å²) in [6.07, 6.45) is 2.92. The first-order valence-corrected chi connectivity index (χ1v) is 2.79. The molecule has 0 saturated heterocycles. The average molecular weight is 139 g/mol. The van der Waals surface area contributed by atoms with Crippen molar-refractivity contribution in [2.45, 2.75) is 0 Å². The number of nitrogens with two attached hydrogens (primary N) is 1. The number of hydrogen-bond donors (Lipinski definition) is 2. The van der Waals surface area contributed by atoms with E-state index in [9.17, 15) is 4.79 Å². The third kappa shape index (κ3) is 1.16. The molecule has 0 amide bonds. The molecule has 1 heterocycles. The van der Waals surface area contributed by atoms with Gasteiger partial charge in [0, 0.05) is 12.7 Å². The second kappa shape index (κ2) is 2.53. The van der Waals surface area contributed by atoms with Gasteiger partial charge >= 0.3 is 5.97 Å². The average Bonchev–Trinajstić information content (AvgIpc) is 2.34. The summed E-state index contributed by atoms with van der Waals surface area (Å²) in [6, 6.07) is 0. The van der Waals surface area contributed by atoms with Crippen LogP contribution in [0.5, 0.6) is 0 Å². The second-order valence-corrected chi connectivity index (χ2v) is 1.87. The molecular formula is C6H7N2O2. The number of nitrogens with zero attached hydrogens (tertiary/aromatic N) is 1. The molecule has 4 nitrogen and oxygen atoms in total. The molecule has 0 spiro atoms. The molecule has 1 radical (unpaired) electrons. The van der Waals surface area contributed by atoms with E-state index in [4.69, 9.17) is 10.8 Å². The Morgan fingerprint density at radius 3 is 2.80 bits per heavy atom. The standard InChI is InChI=1S/C6H7N2O2/c7-2-4-1-5(6(9)10)8-3-4/h1,3H,2,7H2,(H,9,10). The van der Waals surface area contributed by atoms with E-state index in [0.717, 1.165) is 5.57 Å². The number of aliphatic carboxylic acids is 1. The first-order chi connectivity index (χ1) is 4.74. The molecule has 3 N–H and O–H groups in total. The third-order valence-corrected chi connectivity index (χ3v) is 1.15. The summed E-state index contributed by atoms with van der Waals surface area (Å²) in [4.78, 5) is 10.2. The van der Waals surface area contributed by atoms with Crippen molar-refractivity contribution in [3.63, 3.8) is 0 Å². The van der Waals surface area contributed by atoms with Crippen molar-refractivity contribution in [3.05, 3.63) is 23.5 Å². The molecular weight excluding hydrogens is 132 g/mol. The minimum Gasteiger partial charge on any atom is -0.477 e. The quantitative estimate of drug-likeness (QED) is 0.537. The normalized spacial score (nSPS) is 15.7. The summed E-state index contributed by atoms with van der Waals surface area (Å²) < 4.78 is 0. The van der Waals surface area contributed by atoms with Crippen LogP contribution in [0, 0.1) is 0 Å². The fraction of sp³-hybridized carbons (Fsp3) is 0.167. The lowest BCUT2D eigenvalue weighted by Gasteiger charge is -1.87. The summed E-state index contributed by atoms with van der Waals surface area (Å²) in [7, 11) is 0. The van der Waals surface area contributed by atoms with Gasteiger partial charge in [0.2, 0.25) is 0 Å². The molecule has 4 heteroatoms. The molecule has 0 aromatic heterocycles. The molecule has 1 rings (SSSR count). The fourth-order valence-electron chi connectivity index (χ4n) is 0.631. The smallest absolute Gasteiger partial charge is 0.354 e. The maximum Gasteiger partial charge on any atom is 0.354 e. The Labute approximate surface area is 58.0 Å². The van der Waals surface area contributed by atoms with Crippen LogP contribution in [0.4, 0.5) is 0 Å². The van der Waals surface area contributed by atoms with E-state index in [0.29, 0.717) is 6.54 Å². The molecule has 1 aliphatic rings. The van der Waals surface area contributed by atoms with Crippen LogP contribution in [0.25, 0.3) is 0 Å². The molecule has 0 bridgehead atoms. The highest BCUT2D eigenvalue weighted by molar-refractivity contribution is 5.87. The van der Waals surface area contributed by atoms with E-state index in [1.807, 2.05) is 0 Å². The van der Waals surface area contributed by atoms with Crippen molar-refractivity contribution in [1.29, 1.82) is 0 Å². The van der Waals surface area contributed by atoms with Crippen LogP contribution >= 0.6 is 0 Å². The summed E-state index contributed by atoms with van der Waals surface area (Å²) in [5.74, 6) is -1.01. The highest BCUT2D eigenvalue weighted by atomic mass is 16.4. The van der Waals surface area contributed by atoms with Gasteiger partial charge in [0.1, 0.15) is 5.70 Å². The first-order valence-electron chi connectivity index (χ1n) is 2.79. The van der Waals surface area contributed by atoms with Gasteiger partial charge in [-0.05, 0) is 11.6 Å². The Kier molecular flexibility index (Phi) is 1.73. The van der Waals surface area contributed by atoms with Crippen molar-refractivity contribution in [2.75, 3.05) is 6.54 Å². The van der Waals surface area contributed by atoms with Gasteiger partial charge in [0.25, 0.3) is 0 Å². The van der Waals surface area contributed by atoms with Crippen LogP contribution in [-0.2, 0) is 4.79 Å². The molecule has 0 fully saturated rings. The van der Waals surface area contributed by atoms with E-state index in [-0.39, 0.29) is 5.70 Å². The molecule has 53 valence electrons. The van der Waals surface area contributed by atoms with E-state index >= 15 is 0 Å². The second-order valence-electron chi connectivity index (χ2n) is 1.87. The number of carboxylic acids is 1. The lowest BCUT2D eigenvalue weighted by Crippen LogP contribution is -2.05. The van der Waals surface area contributed by atoms with E-state index in [1.54, 1.807) is 0 Å². The summed E-state index contributed by atoms with van der Waals surface area (Å²) in [6.45, 7) is 0.334. The van der Waals surface area contributed by atoms with Gasteiger partial charge in [-0.2, -0.15) is 0 Å². The third-order valence-electron chi connectivity index (χ3n) is 1.15. The molecule has 0 unspecified atom stereocenters. The van der Waals surface area contributed by atoms with Crippen LogP contribution in [0.15, 0.2) is 23.5 Å². The van der Waals surface area contributed by atoms with Crippen LogP contribution < -0.4 is 11.1 Å². The fourth-order valence-corrected chi connectivity index (χ4v) is 0.631. The van der Waals surface area contributed by atoms with E-state index < -0.39 is 5.97 Å². The summed E-state index contributed by atoms with van der Waals surface area (Å²) in [5.41, 5.74) is 6.03. The van der Waals surface area contributed by atoms with E-state index in [2.05, 4.69) is 5.32 Å². The molecule has 0 saturated carbocycles. The van der Waals surface area contributed by atoms with Gasteiger partial charge < -0.3 is 10.8 Å². The van der Waals surface area contributed by atoms with Gasteiger partial charge in [0.05, 0.1) is 0 Å². The van der Waals surface area contributed by atoms with Gasteiger partial charge in [-0.3, -0.25) is 0 Å². The highest BCUT2D eigenvalue weighted by Gasteiger charge is 2.12. The number of carboxylic acid groups (broad SMARTS) is 1. The number of hydrogen-bond acceptors (Lipinski definition) is 2. The zero-order valence-electron chi connectivity index (χ0n) is 5.24. The number of rotatable bonds is 2. The molecule has 1 aliphatic heterocycles. The minimum atomic E-state index is -1.01. The van der Waals surface area contributed by atoms with Gasteiger partial charge in [-0.1, -0.05) is 0 Å². The zero-order chi connectivity index (χ0) is 7.56. The van der Waals surface area contributed by atoms with Crippen molar-refractivity contribution in [3.8, 4) is 0 Å². The van der Waals surface area contributed by atoms with Crippen molar-refractivity contribution < 1.29 is 9.90 Å². The Morgan fingerprint density at radius 1 is 1.80 bits per heavy atom. The summed E-state index contributed by atoms with van der Waals surface area (Å²) >= 11 is 0. The van der Waals surface area contributed by atoms with Gasteiger partial charge in [0.15, 0.2) is 0 Å². The summed E-state index contributed by atoms with van der Waals surface area (Å²) in [5, 5.41) is 12.0. The van der Waals surface area contributed by atoms with Crippen molar-refractivity contribution in [1.82, 2.24) is 5.32 Å². The molecule has 0 atom stereocenters. The number of carbonyl (C=O) groups is 1. The zero-order valence-corrected chi connectivity index (χ0v) is 5.24. The topological polar surface area (TPSA) is 77.4 Å². The van der Waals surface area contributed by atoms with Crippen molar-refractivity contribution >= 4 is 5.97 Å². The monoisotopic (exact) mass is 139 g/mol. The first kappa shape index (κ1) is 6.82. The van der Waals surface area contributed by atoms with Crippen molar-refractivity contribution in [2.24, 2.45) is 5.73 Å². The Hall–Kier alpha value is -1.29. The van der Waals surface area contributed by atoms with E-state index in [1.165, 1.54) is 12.3 Å². The maximum absolute atomic E-state index is 10.2. The molecule has 10 heavy (non-hydrogen) atoms. The highest BCUT2D eigenvalue weighted by Crippen LogP contribution is 2.07. The van der Waals surface area contributed by atoms with Crippen LogP contribution in [-0.4, -0.2) is 17.6 Å².